The van der Waals surface area contributed by atoms with E-state index in [1.807, 2.05) is 64.1 Å². The molecule has 1 N–H and O–H groups in total. The second-order valence-electron chi connectivity index (χ2n) is 6.93. The first-order chi connectivity index (χ1) is 11.9. The van der Waals surface area contributed by atoms with Gasteiger partial charge in [-0.25, -0.2) is 0 Å². The number of aryl methyl sites for hydroxylation is 4. The van der Waals surface area contributed by atoms with Gasteiger partial charge in [-0.2, -0.15) is 0 Å². The Morgan fingerprint density at radius 2 is 1.68 bits per heavy atom. The van der Waals surface area contributed by atoms with Crippen molar-refractivity contribution < 1.29 is 9.59 Å². The van der Waals surface area contributed by atoms with Gasteiger partial charge in [0.15, 0.2) is 0 Å². The predicted molar refractivity (Wildman–Crippen MR) is 101 cm³/mol. The Morgan fingerprint density at radius 1 is 1.00 bits per heavy atom. The quantitative estimate of drug-likeness (QED) is 0.924. The Labute approximate surface area is 148 Å². The molecular weight excluding hydrogens is 312 g/mol. The van der Waals surface area contributed by atoms with Gasteiger partial charge in [-0.3, -0.25) is 9.59 Å². The molecule has 1 heterocycles. The molecule has 1 atom stereocenters. The van der Waals surface area contributed by atoms with Crippen molar-refractivity contribution in [3.63, 3.8) is 0 Å². The molecule has 0 aliphatic carbocycles. The fourth-order valence-corrected chi connectivity index (χ4v) is 3.39. The Kier molecular flexibility index (Phi) is 4.62. The molecule has 0 radical (unpaired) electrons. The first kappa shape index (κ1) is 17.2. The highest BCUT2D eigenvalue weighted by molar-refractivity contribution is 6.04. The zero-order chi connectivity index (χ0) is 18.1. The maximum absolute atomic E-state index is 12.6. The van der Waals surface area contributed by atoms with Crippen molar-refractivity contribution in [1.82, 2.24) is 0 Å². The van der Waals surface area contributed by atoms with Crippen molar-refractivity contribution in [2.75, 3.05) is 16.8 Å². The number of carbonyl (C=O) groups excluding carboxylic acids is 2. The number of carbonyl (C=O) groups is 2. The number of amides is 2. The van der Waals surface area contributed by atoms with Crippen LogP contribution in [0.3, 0.4) is 0 Å². The molecule has 4 heteroatoms. The van der Waals surface area contributed by atoms with Crippen molar-refractivity contribution in [3.8, 4) is 0 Å². The summed E-state index contributed by atoms with van der Waals surface area (Å²) in [6.45, 7) is 8.49. The summed E-state index contributed by atoms with van der Waals surface area (Å²) in [6.07, 6.45) is 0.254. The Bertz CT molecular complexity index is 822. The van der Waals surface area contributed by atoms with Crippen molar-refractivity contribution in [2.24, 2.45) is 5.92 Å². The second kappa shape index (κ2) is 6.71. The largest absolute Gasteiger partial charge is 0.326 e. The van der Waals surface area contributed by atoms with Crippen LogP contribution in [0.15, 0.2) is 36.4 Å². The molecule has 1 aliphatic heterocycles. The van der Waals surface area contributed by atoms with Gasteiger partial charge in [0.05, 0.1) is 5.92 Å². The number of hydrogen-bond acceptors (Lipinski definition) is 2. The summed E-state index contributed by atoms with van der Waals surface area (Å²) >= 11 is 0. The molecule has 0 unspecified atom stereocenters. The highest BCUT2D eigenvalue weighted by atomic mass is 16.2. The topological polar surface area (TPSA) is 49.4 Å². The summed E-state index contributed by atoms with van der Waals surface area (Å²) < 4.78 is 0. The number of nitrogens with one attached hydrogen (secondary N) is 1. The molecule has 3 rings (SSSR count). The van der Waals surface area contributed by atoms with Gasteiger partial charge in [0.1, 0.15) is 0 Å². The van der Waals surface area contributed by atoms with Crippen LogP contribution in [0.1, 0.15) is 28.7 Å². The number of para-hydroxylation sites is 1. The third kappa shape index (κ3) is 3.43. The maximum Gasteiger partial charge on any atom is 0.229 e. The Hall–Kier alpha value is -2.62. The summed E-state index contributed by atoms with van der Waals surface area (Å²) in [5.41, 5.74) is 6.17. The van der Waals surface area contributed by atoms with E-state index in [1.165, 1.54) is 5.56 Å². The Morgan fingerprint density at radius 3 is 2.32 bits per heavy atom. The third-order valence-corrected chi connectivity index (χ3v) is 4.98. The van der Waals surface area contributed by atoms with E-state index in [1.54, 1.807) is 4.90 Å². The molecule has 1 aliphatic rings. The SMILES string of the molecule is Cc1ccc(NC(=O)[C@@H]2CC(=O)N(c3c(C)cccc3C)C2)cc1C. The third-order valence-electron chi connectivity index (χ3n) is 4.98. The van der Waals surface area contributed by atoms with E-state index in [4.69, 9.17) is 0 Å². The summed E-state index contributed by atoms with van der Waals surface area (Å²) in [5, 5.41) is 2.96. The van der Waals surface area contributed by atoms with Crippen LogP contribution >= 0.6 is 0 Å². The van der Waals surface area contributed by atoms with Gasteiger partial charge in [0.25, 0.3) is 0 Å². The van der Waals surface area contributed by atoms with Gasteiger partial charge in [0.2, 0.25) is 11.8 Å². The first-order valence-electron chi connectivity index (χ1n) is 8.61. The highest BCUT2D eigenvalue weighted by Crippen LogP contribution is 2.31. The molecular formula is C21H24N2O2. The fourth-order valence-electron chi connectivity index (χ4n) is 3.39. The summed E-state index contributed by atoms with van der Waals surface area (Å²) in [7, 11) is 0. The van der Waals surface area contributed by atoms with Crippen LogP contribution in [-0.4, -0.2) is 18.4 Å². The monoisotopic (exact) mass is 336 g/mol. The van der Waals surface area contributed by atoms with Crippen molar-refractivity contribution in [2.45, 2.75) is 34.1 Å². The first-order valence-corrected chi connectivity index (χ1v) is 8.61. The van der Waals surface area contributed by atoms with E-state index in [9.17, 15) is 9.59 Å². The molecule has 0 aromatic heterocycles. The minimum absolute atomic E-state index is 0.0117. The molecule has 2 amide bonds. The van der Waals surface area contributed by atoms with Gasteiger partial charge in [0, 0.05) is 24.3 Å². The molecule has 1 fully saturated rings. The molecule has 25 heavy (non-hydrogen) atoms. The van der Waals surface area contributed by atoms with Crippen molar-refractivity contribution in [1.29, 1.82) is 0 Å². The van der Waals surface area contributed by atoms with Crippen LogP contribution < -0.4 is 10.2 Å². The lowest BCUT2D eigenvalue weighted by atomic mass is 10.1. The van der Waals surface area contributed by atoms with E-state index >= 15 is 0 Å². The van der Waals surface area contributed by atoms with E-state index < -0.39 is 0 Å². The lowest BCUT2D eigenvalue weighted by Crippen LogP contribution is -2.29. The highest BCUT2D eigenvalue weighted by Gasteiger charge is 2.36. The minimum Gasteiger partial charge on any atom is -0.326 e. The molecule has 4 nitrogen and oxygen atoms in total. The van der Waals surface area contributed by atoms with Crippen LogP contribution in [0.5, 0.6) is 0 Å². The second-order valence-corrected chi connectivity index (χ2v) is 6.93. The van der Waals surface area contributed by atoms with Crippen LogP contribution in [0.2, 0.25) is 0 Å². The van der Waals surface area contributed by atoms with Gasteiger partial charge in [-0.05, 0) is 62.1 Å². The van der Waals surface area contributed by atoms with E-state index in [0.29, 0.717) is 6.54 Å². The molecule has 0 bridgehead atoms. The van der Waals surface area contributed by atoms with Crippen LogP contribution in [0.25, 0.3) is 0 Å². The molecule has 1 saturated heterocycles. The molecule has 130 valence electrons. The molecule has 2 aromatic carbocycles. The average Bonchev–Trinajstić information content (AvgIpc) is 2.93. The Balaban J connectivity index is 1.75. The van der Waals surface area contributed by atoms with Crippen molar-refractivity contribution in [3.05, 3.63) is 58.7 Å². The summed E-state index contributed by atoms with van der Waals surface area (Å²) in [6, 6.07) is 11.8. The lowest BCUT2D eigenvalue weighted by molar-refractivity contribution is -0.122. The van der Waals surface area contributed by atoms with Crippen LogP contribution in [-0.2, 0) is 9.59 Å². The number of anilines is 2. The van der Waals surface area contributed by atoms with Crippen molar-refractivity contribution >= 4 is 23.2 Å². The zero-order valence-electron chi connectivity index (χ0n) is 15.2. The van der Waals surface area contributed by atoms with Gasteiger partial charge in [-0.1, -0.05) is 24.3 Å². The van der Waals surface area contributed by atoms with Crippen LogP contribution in [0.4, 0.5) is 11.4 Å². The van der Waals surface area contributed by atoms with E-state index in [2.05, 4.69) is 5.32 Å². The number of hydrogen-bond donors (Lipinski definition) is 1. The summed E-state index contributed by atoms with van der Waals surface area (Å²) in [5.74, 6) is -0.406. The van der Waals surface area contributed by atoms with Gasteiger partial charge < -0.3 is 10.2 Å². The normalized spacial score (nSPS) is 17.0. The average molecular weight is 336 g/mol. The molecule has 2 aromatic rings. The molecule has 0 saturated carbocycles. The van der Waals surface area contributed by atoms with Gasteiger partial charge in [-0.15, -0.1) is 0 Å². The number of benzene rings is 2. The van der Waals surface area contributed by atoms with Crippen LogP contribution in [0, 0.1) is 33.6 Å². The number of nitrogens with zero attached hydrogens (tertiary/aromatic N) is 1. The zero-order valence-corrected chi connectivity index (χ0v) is 15.2. The van der Waals surface area contributed by atoms with E-state index in [0.717, 1.165) is 28.1 Å². The fraction of sp³-hybridized carbons (Fsp3) is 0.333. The van der Waals surface area contributed by atoms with E-state index in [-0.39, 0.29) is 24.2 Å². The smallest absolute Gasteiger partial charge is 0.229 e. The standard InChI is InChI=1S/C21H24N2O2/c1-13-8-9-18(10-16(13)4)22-21(25)17-11-19(24)23(12-17)20-14(2)6-5-7-15(20)3/h5-10,17H,11-12H2,1-4H3,(H,22,25)/t17-/m1/s1. The molecule has 0 spiro atoms. The minimum atomic E-state index is -0.326. The lowest BCUT2D eigenvalue weighted by Gasteiger charge is -2.21. The number of rotatable bonds is 3. The predicted octanol–water partition coefficient (Wildman–Crippen LogP) is 3.91. The summed E-state index contributed by atoms with van der Waals surface area (Å²) in [4.78, 5) is 26.9. The van der Waals surface area contributed by atoms with Gasteiger partial charge >= 0.3 is 0 Å². The maximum atomic E-state index is 12.6.